The van der Waals surface area contributed by atoms with E-state index in [0.29, 0.717) is 34.7 Å². The Morgan fingerprint density at radius 3 is 2.44 bits per heavy atom. The molecular weight excluding hydrogens is 639 g/mol. The number of hydrogen-bond donors (Lipinski definition) is 0. The summed E-state index contributed by atoms with van der Waals surface area (Å²) in [5.74, 6) is 0.0803. The lowest BCUT2D eigenvalue weighted by Gasteiger charge is -2.31. The molecule has 3 aliphatic rings. The van der Waals surface area contributed by atoms with Gasteiger partial charge in [0.05, 0.1) is 24.5 Å². The number of nitrogens with zero attached hydrogens (tertiary/aromatic N) is 3. The van der Waals surface area contributed by atoms with Gasteiger partial charge in [-0.3, -0.25) is 19.3 Å². The Kier molecular flexibility index (Phi) is 10.6. The maximum Gasteiger partial charge on any atom is 0.307 e. The highest BCUT2D eigenvalue weighted by Crippen LogP contribution is 2.48. The van der Waals surface area contributed by atoms with Crippen molar-refractivity contribution in [3.05, 3.63) is 81.9 Å². The van der Waals surface area contributed by atoms with Crippen LogP contribution in [0.15, 0.2) is 65.2 Å². The van der Waals surface area contributed by atoms with Crippen molar-refractivity contribution in [3.8, 4) is 0 Å². The van der Waals surface area contributed by atoms with Crippen LogP contribution in [0.4, 0.5) is 11.4 Å². The first kappa shape index (κ1) is 35.9. The summed E-state index contributed by atoms with van der Waals surface area (Å²) in [5.41, 5.74) is 6.41. The topological polar surface area (TPSA) is 70.2 Å². The van der Waals surface area contributed by atoms with E-state index in [2.05, 4.69) is 101 Å². The number of rotatable bonds is 12. The first-order chi connectivity index (χ1) is 22.7. The normalized spacial score (nSPS) is 21.1. The average Bonchev–Trinajstić information content (AvgIpc) is 3.50. The van der Waals surface area contributed by atoms with E-state index in [1.54, 1.807) is 0 Å². The highest BCUT2D eigenvalue weighted by Gasteiger charge is 2.42. The van der Waals surface area contributed by atoms with Gasteiger partial charge in [0.1, 0.15) is 4.32 Å². The number of fused-ring (bicyclic) bond motifs is 2. The van der Waals surface area contributed by atoms with Crippen LogP contribution in [0.1, 0.15) is 84.9 Å². The zero-order valence-electron chi connectivity index (χ0n) is 29.6. The number of amides is 1. The molecule has 0 aromatic heterocycles. The van der Waals surface area contributed by atoms with E-state index in [-0.39, 0.29) is 47.5 Å². The summed E-state index contributed by atoms with van der Waals surface area (Å²) >= 11 is 6.87. The van der Waals surface area contributed by atoms with Crippen LogP contribution in [0.5, 0.6) is 0 Å². The Balaban J connectivity index is 1.28. The number of Topliss-reactive ketones (excluding diaryl/α,β-unsaturated/α-hetero) is 1. The lowest BCUT2D eigenvalue weighted by Crippen LogP contribution is -2.40. The van der Waals surface area contributed by atoms with Crippen LogP contribution in [0, 0.1) is 5.92 Å². The molecular formula is C39H49N3O4S2. The zero-order chi connectivity index (χ0) is 35.0. The predicted molar refractivity (Wildman–Crippen MR) is 201 cm³/mol. The second kappa shape index (κ2) is 14.2. The Hall–Kier alpha value is -3.43. The van der Waals surface area contributed by atoms with Gasteiger partial charge in [0.25, 0.3) is 5.91 Å². The molecule has 48 heavy (non-hydrogen) atoms. The molecule has 3 aliphatic heterocycles. The van der Waals surface area contributed by atoms with E-state index >= 15 is 0 Å². The molecule has 1 amide bonds. The molecule has 0 bridgehead atoms. The van der Waals surface area contributed by atoms with Gasteiger partial charge in [0, 0.05) is 53.5 Å². The van der Waals surface area contributed by atoms with E-state index in [9.17, 15) is 14.4 Å². The van der Waals surface area contributed by atoms with Crippen molar-refractivity contribution in [1.29, 1.82) is 0 Å². The van der Waals surface area contributed by atoms with Crippen molar-refractivity contribution in [3.63, 3.8) is 0 Å². The summed E-state index contributed by atoms with van der Waals surface area (Å²) in [6, 6.07) is 14.8. The average molecular weight is 688 g/mol. The van der Waals surface area contributed by atoms with E-state index in [4.69, 9.17) is 17.0 Å². The van der Waals surface area contributed by atoms with Crippen LogP contribution in [0.3, 0.4) is 0 Å². The Morgan fingerprint density at radius 1 is 1.00 bits per heavy atom. The van der Waals surface area contributed by atoms with Gasteiger partial charge < -0.3 is 14.5 Å². The molecule has 0 spiro atoms. The third-order valence-corrected chi connectivity index (χ3v) is 11.6. The third kappa shape index (κ3) is 6.99. The van der Waals surface area contributed by atoms with Crippen LogP contribution in [0.25, 0.3) is 0 Å². The number of thiocarbonyl (C=S) groups is 1. The van der Waals surface area contributed by atoms with Crippen LogP contribution in [-0.4, -0.2) is 59.2 Å². The largest absolute Gasteiger partial charge is 0.466 e. The molecule has 9 heteroatoms. The molecule has 3 heterocycles. The number of anilines is 2. The molecule has 1 fully saturated rings. The molecule has 1 atom stereocenters. The lowest BCUT2D eigenvalue weighted by atomic mass is 9.80. The van der Waals surface area contributed by atoms with Gasteiger partial charge in [0.15, 0.2) is 5.78 Å². The molecule has 5 rings (SSSR count). The van der Waals surface area contributed by atoms with E-state index < -0.39 is 0 Å². The van der Waals surface area contributed by atoms with Gasteiger partial charge >= 0.3 is 5.97 Å². The van der Waals surface area contributed by atoms with Crippen molar-refractivity contribution in [1.82, 2.24) is 4.90 Å². The number of thioether (sulfide) groups is 1. The van der Waals surface area contributed by atoms with Crippen molar-refractivity contribution >= 4 is 57.3 Å². The van der Waals surface area contributed by atoms with Gasteiger partial charge in [-0.15, -0.1) is 0 Å². The fourth-order valence-electron chi connectivity index (χ4n) is 7.08. The number of allylic oxidation sites excluding steroid dienone is 3. The Morgan fingerprint density at radius 2 is 1.73 bits per heavy atom. The van der Waals surface area contributed by atoms with Crippen molar-refractivity contribution in [2.45, 2.75) is 91.5 Å². The maximum absolute atomic E-state index is 13.6. The minimum absolute atomic E-state index is 0.0570. The number of para-hydroxylation sites is 1. The van der Waals surface area contributed by atoms with Crippen LogP contribution >= 0.6 is 24.0 Å². The number of hydrogen-bond acceptors (Lipinski definition) is 8. The highest BCUT2D eigenvalue weighted by atomic mass is 32.2. The molecule has 1 saturated heterocycles. The van der Waals surface area contributed by atoms with Gasteiger partial charge in [-0.1, -0.05) is 95.9 Å². The fraction of sp³-hybridized carbons (Fsp3) is 0.487. The summed E-state index contributed by atoms with van der Waals surface area (Å²) in [4.78, 5) is 45.6. The van der Waals surface area contributed by atoms with Crippen molar-refractivity contribution < 1.29 is 19.1 Å². The standard InChI is InChI=1S/C39H49N3O4S2/c1-9-46-35(44)19-21-40-26(4)38(5,6)30-23-27(14-15-32(30)40)22-28(43)24-42-36(45)33(48-37(42)47)16-17-34-39(7,8)29-12-10-11-13-31(29)41(34)20-18-25(2)3/h10-17,23,25-26H,9,18-22,24H2,1-8H3/b33-16+,34-17-. The quantitative estimate of drug-likeness (QED) is 0.128. The summed E-state index contributed by atoms with van der Waals surface area (Å²) in [6.07, 6.45) is 5.54. The maximum atomic E-state index is 13.6. The van der Waals surface area contributed by atoms with Crippen LogP contribution in [-0.2, 0) is 36.4 Å². The first-order valence-corrected chi connectivity index (χ1v) is 18.3. The summed E-state index contributed by atoms with van der Waals surface area (Å²) in [7, 11) is 0. The molecule has 0 N–H and O–H groups in total. The Bertz CT molecular complexity index is 1670. The summed E-state index contributed by atoms with van der Waals surface area (Å²) in [6.45, 7) is 19.1. The van der Waals surface area contributed by atoms with E-state index in [1.807, 2.05) is 19.1 Å². The summed E-state index contributed by atoms with van der Waals surface area (Å²) < 4.78 is 5.55. The molecule has 0 radical (unpaired) electrons. The van der Waals surface area contributed by atoms with Gasteiger partial charge in [-0.05, 0) is 67.2 Å². The van der Waals surface area contributed by atoms with Crippen molar-refractivity contribution in [2.24, 2.45) is 5.92 Å². The summed E-state index contributed by atoms with van der Waals surface area (Å²) in [5, 5.41) is 0. The van der Waals surface area contributed by atoms with Crippen LogP contribution in [0.2, 0.25) is 0 Å². The smallest absolute Gasteiger partial charge is 0.307 e. The number of carbonyl (C=O) groups is 3. The first-order valence-electron chi connectivity index (χ1n) is 17.1. The zero-order valence-corrected chi connectivity index (χ0v) is 31.2. The molecule has 0 aliphatic carbocycles. The van der Waals surface area contributed by atoms with Crippen LogP contribution < -0.4 is 9.80 Å². The van der Waals surface area contributed by atoms with Gasteiger partial charge in [-0.25, -0.2) is 0 Å². The number of esters is 1. The van der Waals surface area contributed by atoms with Gasteiger partial charge in [0.2, 0.25) is 0 Å². The Labute approximate surface area is 295 Å². The molecule has 2 aromatic rings. The lowest BCUT2D eigenvalue weighted by molar-refractivity contribution is -0.142. The molecule has 2 aromatic carbocycles. The molecule has 0 saturated carbocycles. The SMILES string of the molecule is CCOC(=O)CCN1c2ccc(CC(=O)CN3C(=O)/C(=C\C=C4/N(CCC(C)C)c5ccccc5C4(C)C)SC3=S)cc2C(C)(C)C1C. The second-order valence-corrected chi connectivity index (χ2v) is 16.2. The van der Waals surface area contributed by atoms with Gasteiger partial charge in [-0.2, -0.15) is 0 Å². The van der Waals surface area contributed by atoms with Crippen molar-refractivity contribution in [2.75, 3.05) is 36.0 Å². The molecule has 7 nitrogen and oxygen atoms in total. The minimum Gasteiger partial charge on any atom is -0.466 e. The number of ketones is 1. The number of benzene rings is 2. The second-order valence-electron chi connectivity index (χ2n) is 14.5. The number of ether oxygens (including phenoxy) is 1. The monoisotopic (exact) mass is 687 g/mol. The minimum atomic E-state index is -0.224. The highest BCUT2D eigenvalue weighted by molar-refractivity contribution is 8.26. The third-order valence-electron chi connectivity index (χ3n) is 10.2. The van der Waals surface area contributed by atoms with E-state index in [0.717, 1.165) is 35.5 Å². The van der Waals surface area contributed by atoms with E-state index in [1.165, 1.54) is 27.9 Å². The predicted octanol–water partition coefficient (Wildman–Crippen LogP) is 7.71. The molecule has 1 unspecified atom stereocenters. The number of carbonyl (C=O) groups excluding carboxylic acids is 3. The molecule has 256 valence electrons. The fourth-order valence-corrected chi connectivity index (χ4v) is 8.27.